The predicted molar refractivity (Wildman–Crippen MR) is 59.2 cm³/mol. The highest BCUT2D eigenvalue weighted by molar-refractivity contribution is 5.82. The van der Waals surface area contributed by atoms with E-state index in [0.29, 0.717) is 19.8 Å². The number of nitrogens with zero attached hydrogens (tertiary/aromatic N) is 1. The van der Waals surface area contributed by atoms with Crippen molar-refractivity contribution in [3.63, 3.8) is 0 Å². The zero-order chi connectivity index (χ0) is 11.5. The minimum Gasteiger partial charge on any atom is -0.380 e. The number of carbonyl (C=O) groups excluding carboxylic acids is 1. The van der Waals surface area contributed by atoms with E-state index in [-0.39, 0.29) is 24.1 Å². The number of ether oxygens (including phenoxy) is 2. The van der Waals surface area contributed by atoms with Crippen LogP contribution in [0.1, 0.15) is 13.3 Å². The van der Waals surface area contributed by atoms with Gasteiger partial charge in [0.05, 0.1) is 31.4 Å². The lowest BCUT2D eigenvalue weighted by Gasteiger charge is -2.35. The first-order chi connectivity index (χ1) is 7.72. The number of carbonyl (C=O) groups is 1. The monoisotopic (exact) mass is 228 g/mol. The lowest BCUT2D eigenvalue weighted by Crippen LogP contribution is -2.52. The minimum atomic E-state index is -0.0782. The zero-order valence-electron chi connectivity index (χ0n) is 9.94. The molecule has 3 atom stereocenters. The smallest absolute Gasteiger partial charge is 0.240 e. The van der Waals surface area contributed by atoms with Crippen molar-refractivity contribution >= 4 is 5.91 Å². The quantitative estimate of drug-likeness (QED) is 0.699. The van der Waals surface area contributed by atoms with Gasteiger partial charge in [0.25, 0.3) is 0 Å². The van der Waals surface area contributed by atoms with Crippen molar-refractivity contribution < 1.29 is 14.3 Å². The third-order valence-electron chi connectivity index (χ3n) is 3.37. The molecule has 1 amide bonds. The van der Waals surface area contributed by atoms with Crippen LogP contribution < -0.4 is 5.32 Å². The van der Waals surface area contributed by atoms with Crippen LogP contribution in [-0.2, 0) is 14.3 Å². The van der Waals surface area contributed by atoms with Crippen molar-refractivity contribution in [2.75, 3.05) is 33.4 Å². The van der Waals surface area contributed by atoms with E-state index in [1.807, 2.05) is 11.8 Å². The summed E-state index contributed by atoms with van der Waals surface area (Å²) in [5.41, 5.74) is 0. The Morgan fingerprint density at radius 3 is 3.00 bits per heavy atom. The van der Waals surface area contributed by atoms with Gasteiger partial charge < -0.3 is 19.7 Å². The Labute approximate surface area is 96.1 Å². The van der Waals surface area contributed by atoms with E-state index in [1.54, 1.807) is 7.11 Å². The van der Waals surface area contributed by atoms with Crippen LogP contribution in [0.3, 0.4) is 0 Å². The fourth-order valence-corrected chi connectivity index (χ4v) is 2.33. The molecule has 2 fully saturated rings. The normalized spacial score (nSPS) is 35.4. The third-order valence-corrected chi connectivity index (χ3v) is 3.37. The van der Waals surface area contributed by atoms with E-state index < -0.39 is 0 Å². The Kier molecular flexibility index (Phi) is 3.78. The van der Waals surface area contributed by atoms with Crippen LogP contribution in [0.5, 0.6) is 0 Å². The van der Waals surface area contributed by atoms with Gasteiger partial charge in [0.1, 0.15) is 0 Å². The molecular weight excluding hydrogens is 208 g/mol. The maximum absolute atomic E-state index is 12.2. The molecular formula is C11H20N2O3. The molecule has 1 N–H and O–H groups in total. The maximum atomic E-state index is 12.2. The topological polar surface area (TPSA) is 50.8 Å². The van der Waals surface area contributed by atoms with Gasteiger partial charge in [-0.2, -0.15) is 0 Å². The summed E-state index contributed by atoms with van der Waals surface area (Å²) in [6.45, 7) is 4.80. The lowest BCUT2D eigenvalue weighted by atomic mass is 10.1. The summed E-state index contributed by atoms with van der Waals surface area (Å²) in [5, 5.41) is 3.22. The first kappa shape index (κ1) is 11.8. The average molecular weight is 228 g/mol. The van der Waals surface area contributed by atoms with Crippen LogP contribution in [0.15, 0.2) is 0 Å². The van der Waals surface area contributed by atoms with Crippen molar-refractivity contribution in [3.8, 4) is 0 Å². The molecule has 2 aliphatic rings. The standard InChI is InChI=1S/C11H20N2O3/c1-8-7-16-4-3-13(8)11(14)10-5-9(15-2)6-12-10/h8-10,12H,3-7H2,1-2H3. The summed E-state index contributed by atoms with van der Waals surface area (Å²) in [5.74, 6) is 0.190. The molecule has 0 aromatic carbocycles. The molecule has 0 aromatic heterocycles. The van der Waals surface area contributed by atoms with Gasteiger partial charge in [0.15, 0.2) is 0 Å². The number of morpholine rings is 1. The molecule has 0 aliphatic carbocycles. The Bertz CT molecular complexity index is 260. The van der Waals surface area contributed by atoms with Crippen molar-refractivity contribution in [2.45, 2.75) is 31.5 Å². The first-order valence-corrected chi connectivity index (χ1v) is 5.86. The lowest BCUT2D eigenvalue weighted by molar-refractivity contribution is -0.141. The number of nitrogens with one attached hydrogen (secondary N) is 1. The molecule has 0 aromatic rings. The minimum absolute atomic E-state index is 0.0782. The second-order valence-corrected chi connectivity index (χ2v) is 4.51. The molecule has 0 saturated carbocycles. The molecule has 0 radical (unpaired) electrons. The van der Waals surface area contributed by atoms with E-state index >= 15 is 0 Å². The highest BCUT2D eigenvalue weighted by Crippen LogP contribution is 2.15. The van der Waals surface area contributed by atoms with Gasteiger partial charge in [-0.25, -0.2) is 0 Å². The summed E-state index contributed by atoms with van der Waals surface area (Å²) in [7, 11) is 1.69. The second-order valence-electron chi connectivity index (χ2n) is 4.51. The van der Waals surface area contributed by atoms with Crippen LogP contribution >= 0.6 is 0 Å². The molecule has 2 heterocycles. The molecule has 5 nitrogen and oxygen atoms in total. The highest BCUT2D eigenvalue weighted by atomic mass is 16.5. The zero-order valence-corrected chi connectivity index (χ0v) is 9.94. The highest BCUT2D eigenvalue weighted by Gasteiger charge is 2.34. The number of amides is 1. The molecule has 16 heavy (non-hydrogen) atoms. The molecule has 3 unspecified atom stereocenters. The number of rotatable bonds is 2. The van der Waals surface area contributed by atoms with Crippen molar-refractivity contribution in [2.24, 2.45) is 0 Å². The molecule has 0 spiro atoms. The van der Waals surface area contributed by atoms with E-state index in [2.05, 4.69) is 5.32 Å². The van der Waals surface area contributed by atoms with Gasteiger partial charge in [0, 0.05) is 20.2 Å². The first-order valence-electron chi connectivity index (χ1n) is 5.86. The summed E-state index contributed by atoms with van der Waals surface area (Å²) in [6.07, 6.45) is 0.949. The van der Waals surface area contributed by atoms with Gasteiger partial charge in [0.2, 0.25) is 5.91 Å². The third kappa shape index (κ3) is 2.36. The Morgan fingerprint density at radius 2 is 2.38 bits per heavy atom. The van der Waals surface area contributed by atoms with E-state index in [4.69, 9.17) is 9.47 Å². The summed E-state index contributed by atoms with van der Waals surface area (Å²) in [4.78, 5) is 14.1. The van der Waals surface area contributed by atoms with Gasteiger partial charge in [-0.1, -0.05) is 0 Å². The number of hydrogen-bond acceptors (Lipinski definition) is 4. The maximum Gasteiger partial charge on any atom is 0.240 e. The SMILES string of the molecule is COC1CNC(C(=O)N2CCOCC2C)C1. The van der Waals surface area contributed by atoms with Crippen molar-refractivity contribution in [1.82, 2.24) is 10.2 Å². The van der Waals surface area contributed by atoms with Gasteiger partial charge in [-0.15, -0.1) is 0 Å². The summed E-state index contributed by atoms with van der Waals surface area (Å²) < 4.78 is 10.6. The molecule has 5 heteroatoms. The Hall–Kier alpha value is -0.650. The Morgan fingerprint density at radius 1 is 1.56 bits per heavy atom. The van der Waals surface area contributed by atoms with Gasteiger partial charge in [-0.05, 0) is 13.3 Å². The van der Waals surface area contributed by atoms with E-state index in [1.165, 1.54) is 0 Å². The van der Waals surface area contributed by atoms with Crippen LogP contribution in [0, 0.1) is 0 Å². The average Bonchev–Trinajstić information content (AvgIpc) is 2.77. The number of hydrogen-bond donors (Lipinski definition) is 1. The summed E-state index contributed by atoms with van der Waals surface area (Å²) >= 11 is 0. The molecule has 2 rings (SSSR count). The number of methoxy groups -OCH3 is 1. The Balaban J connectivity index is 1.91. The van der Waals surface area contributed by atoms with E-state index in [9.17, 15) is 4.79 Å². The molecule has 2 aliphatic heterocycles. The predicted octanol–water partition coefficient (Wildman–Crippen LogP) is -0.389. The van der Waals surface area contributed by atoms with E-state index in [0.717, 1.165) is 13.0 Å². The van der Waals surface area contributed by atoms with Crippen LogP contribution in [0.25, 0.3) is 0 Å². The summed E-state index contributed by atoms with van der Waals surface area (Å²) in [6, 6.07) is 0.107. The van der Waals surface area contributed by atoms with Crippen molar-refractivity contribution in [1.29, 1.82) is 0 Å². The largest absolute Gasteiger partial charge is 0.380 e. The van der Waals surface area contributed by atoms with Gasteiger partial charge in [-0.3, -0.25) is 4.79 Å². The second kappa shape index (κ2) is 5.12. The van der Waals surface area contributed by atoms with Gasteiger partial charge >= 0.3 is 0 Å². The van der Waals surface area contributed by atoms with Crippen LogP contribution in [0.4, 0.5) is 0 Å². The molecule has 0 bridgehead atoms. The van der Waals surface area contributed by atoms with Crippen LogP contribution in [-0.4, -0.2) is 62.4 Å². The van der Waals surface area contributed by atoms with Crippen molar-refractivity contribution in [3.05, 3.63) is 0 Å². The fourth-order valence-electron chi connectivity index (χ4n) is 2.33. The molecule has 2 saturated heterocycles. The van der Waals surface area contributed by atoms with Crippen LogP contribution in [0.2, 0.25) is 0 Å². The fraction of sp³-hybridized carbons (Fsp3) is 0.909. The molecule has 92 valence electrons.